The number of nitrogens with zero attached hydrogens (tertiary/aromatic N) is 1. The Kier molecular flexibility index (Phi) is 6.09. The van der Waals surface area contributed by atoms with Crippen LogP contribution in [0.5, 0.6) is 11.5 Å². The molecule has 6 nitrogen and oxygen atoms in total. The van der Waals surface area contributed by atoms with Gasteiger partial charge in [0.25, 0.3) is 5.90 Å². The Morgan fingerprint density at radius 2 is 2.00 bits per heavy atom. The van der Waals surface area contributed by atoms with Crippen molar-refractivity contribution in [3.63, 3.8) is 0 Å². The van der Waals surface area contributed by atoms with Crippen molar-refractivity contribution in [2.75, 3.05) is 6.61 Å². The highest BCUT2D eigenvalue weighted by Gasteiger charge is 2.26. The number of rotatable bonds is 7. The van der Waals surface area contributed by atoms with Gasteiger partial charge in [-0.1, -0.05) is 41.4 Å². The molecule has 0 aliphatic carbocycles. The SMILES string of the molecule is CCOc1cc(/C=C2\N=C(c3ccco3)OC2=O)cc(Cl)c1OCc1cccc(C)c1. The van der Waals surface area contributed by atoms with Crippen molar-refractivity contribution in [3.05, 3.63) is 88.0 Å². The molecule has 31 heavy (non-hydrogen) atoms. The molecular weight excluding hydrogens is 418 g/mol. The molecule has 1 aromatic heterocycles. The summed E-state index contributed by atoms with van der Waals surface area (Å²) >= 11 is 6.50. The van der Waals surface area contributed by atoms with Gasteiger partial charge in [-0.3, -0.25) is 0 Å². The first-order valence-electron chi connectivity index (χ1n) is 9.74. The van der Waals surface area contributed by atoms with Gasteiger partial charge in [0.2, 0.25) is 0 Å². The van der Waals surface area contributed by atoms with Gasteiger partial charge < -0.3 is 18.6 Å². The molecule has 0 bridgehead atoms. The summed E-state index contributed by atoms with van der Waals surface area (Å²) in [6.07, 6.45) is 3.06. The van der Waals surface area contributed by atoms with Crippen molar-refractivity contribution in [2.24, 2.45) is 4.99 Å². The first kappa shape index (κ1) is 20.8. The van der Waals surface area contributed by atoms with Crippen LogP contribution in [0.25, 0.3) is 6.08 Å². The van der Waals surface area contributed by atoms with Crippen molar-refractivity contribution in [1.82, 2.24) is 0 Å². The Hall–Kier alpha value is -3.51. The first-order valence-corrected chi connectivity index (χ1v) is 10.1. The fourth-order valence-corrected chi connectivity index (χ4v) is 3.38. The maximum Gasteiger partial charge on any atom is 0.363 e. The second-order valence-electron chi connectivity index (χ2n) is 6.85. The number of halogens is 1. The molecule has 0 amide bonds. The highest BCUT2D eigenvalue weighted by Crippen LogP contribution is 2.38. The predicted molar refractivity (Wildman–Crippen MR) is 117 cm³/mol. The number of furan rings is 1. The summed E-state index contributed by atoms with van der Waals surface area (Å²) in [6.45, 7) is 4.68. The zero-order valence-electron chi connectivity index (χ0n) is 17.1. The van der Waals surface area contributed by atoms with E-state index in [9.17, 15) is 4.79 Å². The van der Waals surface area contributed by atoms with E-state index >= 15 is 0 Å². The second-order valence-corrected chi connectivity index (χ2v) is 7.26. The smallest absolute Gasteiger partial charge is 0.363 e. The maximum absolute atomic E-state index is 12.2. The van der Waals surface area contributed by atoms with Crippen LogP contribution in [0.4, 0.5) is 0 Å². The van der Waals surface area contributed by atoms with Gasteiger partial charge in [-0.25, -0.2) is 9.79 Å². The highest BCUT2D eigenvalue weighted by atomic mass is 35.5. The molecule has 2 aromatic carbocycles. The largest absolute Gasteiger partial charge is 0.490 e. The highest BCUT2D eigenvalue weighted by molar-refractivity contribution is 6.32. The number of hydrogen-bond acceptors (Lipinski definition) is 6. The molecule has 0 unspecified atom stereocenters. The third kappa shape index (κ3) is 4.81. The maximum atomic E-state index is 12.2. The van der Waals surface area contributed by atoms with Gasteiger partial charge in [-0.05, 0) is 55.3 Å². The molecule has 0 spiro atoms. The molecule has 2 heterocycles. The fourth-order valence-electron chi connectivity index (χ4n) is 3.10. The zero-order valence-corrected chi connectivity index (χ0v) is 17.8. The Labute approximate surface area is 184 Å². The Morgan fingerprint density at radius 1 is 1.13 bits per heavy atom. The van der Waals surface area contributed by atoms with Crippen LogP contribution in [-0.2, 0) is 16.1 Å². The lowest BCUT2D eigenvalue weighted by atomic mass is 10.1. The predicted octanol–water partition coefficient (Wildman–Crippen LogP) is 5.56. The molecule has 7 heteroatoms. The lowest BCUT2D eigenvalue weighted by Crippen LogP contribution is -2.04. The Bertz CT molecular complexity index is 1160. The van der Waals surface area contributed by atoms with Crippen LogP contribution >= 0.6 is 11.6 Å². The number of benzene rings is 2. The van der Waals surface area contributed by atoms with E-state index in [1.807, 2.05) is 38.1 Å². The summed E-state index contributed by atoms with van der Waals surface area (Å²) in [4.78, 5) is 16.4. The van der Waals surface area contributed by atoms with E-state index in [-0.39, 0.29) is 11.6 Å². The summed E-state index contributed by atoms with van der Waals surface area (Å²) in [5.74, 6) is 0.859. The minimum atomic E-state index is -0.569. The summed E-state index contributed by atoms with van der Waals surface area (Å²) in [7, 11) is 0. The van der Waals surface area contributed by atoms with Gasteiger partial charge in [0.05, 0.1) is 17.9 Å². The minimum absolute atomic E-state index is 0.121. The zero-order chi connectivity index (χ0) is 21.8. The van der Waals surface area contributed by atoms with Crippen molar-refractivity contribution >= 4 is 29.5 Å². The normalized spacial score (nSPS) is 14.5. The molecule has 4 rings (SSSR count). The number of hydrogen-bond donors (Lipinski definition) is 0. The van der Waals surface area contributed by atoms with Gasteiger partial charge in [0.15, 0.2) is 23.0 Å². The molecule has 0 atom stereocenters. The van der Waals surface area contributed by atoms with Crippen LogP contribution in [0.1, 0.15) is 29.4 Å². The van der Waals surface area contributed by atoms with Gasteiger partial charge in [-0.2, -0.15) is 0 Å². The van der Waals surface area contributed by atoms with Gasteiger partial charge in [-0.15, -0.1) is 0 Å². The first-order chi connectivity index (χ1) is 15.0. The summed E-state index contributed by atoms with van der Waals surface area (Å²) in [5.41, 5.74) is 2.95. The lowest BCUT2D eigenvalue weighted by Gasteiger charge is -2.15. The van der Waals surface area contributed by atoms with E-state index in [1.165, 1.54) is 6.26 Å². The molecule has 0 fully saturated rings. The van der Waals surface area contributed by atoms with E-state index in [1.54, 1.807) is 30.3 Å². The number of carbonyl (C=O) groups excluding carboxylic acids is 1. The molecule has 0 saturated carbocycles. The van der Waals surface area contributed by atoms with Crippen LogP contribution in [0.2, 0.25) is 5.02 Å². The van der Waals surface area contributed by atoms with Gasteiger partial charge in [0, 0.05) is 0 Å². The Morgan fingerprint density at radius 3 is 2.74 bits per heavy atom. The molecule has 3 aromatic rings. The molecule has 1 aliphatic rings. The summed E-state index contributed by atoms with van der Waals surface area (Å²) in [6, 6.07) is 14.8. The van der Waals surface area contributed by atoms with E-state index in [0.717, 1.165) is 11.1 Å². The fraction of sp³-hybridized carbons (Fsp3) is 0.167. The van der Waals surface area contributed by atoms with Crippen molar-refractivity contribution in [2.45, 2.75) is 20.5 Å². The lowest BCUT2D eigenvalue weighted by molar-refractivity contribution is -0.130. The average Bonchev–Trinajstić information content (AvgIpc) is 3.38. The van der Waals surface area contributed by atoms with Crippen LogP contribution in [0, 0.1) is 6.92 Å². The number of ether oxygens (including phenoxy) is 3. The van der Waals surface area contributed by atoms with Crippen molar-refractivity contribution in [1.29, 1.82) is 0 Å². The minimum Gasteiger partial charge on any atom is -0.490 e. The number of carbonyl (C=O) groups is 1. The van der Waals surface area contributed by atoms with Gasteiger partial charge in [0.1, 0.15) is 6.61 Å². The molecule has 0 saturated heterocycles. The molecule has 158 valence electrons. The monoisotopic (exact) mass is 437 g/mol. The van der Waals surface area contributed by atoms with Crippen molar-refractivity contribution < 1.29 is 23.4 Å². The third-order valence-electron chi connectivity index (χ3n) is 4.45. The Balaban J connectivity index is 1.61. The molecule has 0 N–H and O–H groups in total. The topological polar surface area (TPSA) is 70.3 Å². The van der Waals surface area contributed by atoms with Crippen LogP contribution < -0.4 is 9.47 Å². The number of aliphatic imine (C=N–C) groups is 1. The number of aryl methyl sites for hydroxylation is 1. The van der Waals surface area contributed by atoms with E-state index < -0.39 is 5.97 Å². The summed E-state index contributed by atoms with van der Waals surface area (Å²) < 4.78 is 22.1. The third-order valence-corrected chi connectivity index (χ3v) is 4.73. The molecular formula is C24H20ClNO5. The summed E-state index contributed by atoms with van der Waals surface area (Å²) in [5, 5.41) is 0.368. The standard InChI is InChI=1S/C24H20ClNO5/c1-3-28-21-13-17(12-19-24(27)31-23(26-19)20-8-5-9-29-20)11-18(25)22(21)30-14-16-7-4-6-15(2)10-16/h4-13H,3,14H2,1-2H3/b19-12-. The quantitative estimate of drug-likeness (QED) is 0.357. The van der Waals surface area contributed by atoms with Crippen molar-refractivity contribution in [3.8, 4) is 11.5 Å². The van der Waals surface area contributed by atoms with Crippen LogP contribution in [-0.4, -0.2) is 18.5 Å². The molecule has 0 radical (unpaired) electrons. The average molecular weight is 438 g/mol. The molecule has 1 aliphatic heterocycles. The van der Waals surface area contributed by atoms with E-state index in [2.05, 4.69) is 4.99 Å². The van der Waals surface area contributed by atoms with E-state index in [4.69, 9.17) is 30.2 Å². The van der Waals surface area contributed by atoms with Crippen LogP contribution in [0.15, 0.2) is 69.9 Å². The number of esters is 1. The number of cyclic esters (lactones) is 1. The van der Waals surface area contributed by atoms with Gasteiger partial charge >= 0.3 is 5.97 Å². The second kappa shape index (κ2) is 9.10. The van der Waals surface area contributed by atoms with E-state index in [0.29, 0.717) is 41.1 Å². The van der Waals surface area contributed by atoms with Crippen LogP contribution in [0.3, 0.4) is 0 Å².